The van der Waals surface area contributed by atoms with Crippen LogP contribution in [0.2, 0.25) is 0 Å². The molecule has 0 radical (unpaired) electrons. The summed E-state index contributed by atoms with van der Waals surface area (Å²) in [5.74, 6) is 0.437. The number of amides is 1. The highest BCUT2D eigenvalue weighted by atomic mass is 16.6. The first kappa shape index (κ1) is 14.6. The summed E-state index contributed by atoms with van der Waals surface area (Å²) in [7, 11) is 0. The van der Waals surface area contributed by atoms with Crippen molar-refractivity contribution in [1.82, 2.24) is 0 Å². The number of carbonyl (C=O) groups excluding carboxylic acids is 1. The third-order valence-corrected chi connectivity index (χ3v) is 1.94. The Hall–Kier alpha value is -2.44. The van der Waals surface area contributed by atoms with E-state index in [1.165, 1.54) is 0 Å². The summed E-state index contributed by atoms with van der Waals surface area (Å²) >= 11 is 0. The second kappa shape index (κ2) is 7.10. The fraction of sp³-hybridized carbons (Fsp3) is 0.333. The predicted octanol–water partition coefficient (Wildman–Crippen LogP) is 1.77. The molecule has 0 bridgehead atoms. The van der Waals surface area contributed by atoms with Crippen LogP contribution < -0.4 is 15.8 Å². The van der Waals surface area contributed by atoms with Gasteiger partial charge in [-0.1, -0.05) is 11.2 Å². The van der Waals surface area contributed by atoms with Crippen molar-refractivity contribution < 1.29 is 19.5 Å². The molecule has 7 heteroatoms. The molecule has 1 aromatic carbocycles. The second-order valence-electron chi connectivity index (χ2n) is 3.99. The lowest BCUT2D eigenvalue weighted by molar-refractivity contribution is 0.130. The van der Waals surface area contributed by atoms with E-state index < -0.39 is 6.09 Å². The van der Waals surface area contributed by atoms with Crippen molar-refractivity contribution >= 4 is 17.6 Å². The van der Waals surface area contributed by atoms with Gasteiger partial charge in [0.05, 0.1) is 6.10 Å². The number of ether oxygens (including phenoxy) is 2. The van der Waals surface area contributed by atoms with E-state index in [-0.39, 0.29) is 18.5 Å². The molecule has 1 amide bonds. The number of nitrogens with one attached hydrogen (secondary N) is 1. The standard InChI is InChI=1S/C12H17N3O4/c1-8(2)19-12(16)14-9-4-3-5-10(6-9)18-7-11(13)15-17/h3-6,8,17H,7H2,1-2H3,(H2,13,15)(H,14,16). The van der Waals surface area contributed by atoms with Crippen LogP contribution in [0.4, 0.5) is 10.5 Å². The molecule has 0 saturated heterocycles. The van der Waals surface area contributed by atoms with Crippen molar-refractivity contribution in [3.8, 4) is 5.75 Å². The number of nitrogens with zero attached hydrogens (tertiary/aromatic N) is 1. The van der Waals surface area contributed by atoms with Crippen molar-refractivity contribution in [2.45, 2.75) is 20.0 Å². The first-order valence-electron chi connectivity index (χ1n) is 5.68. The summed E-state index contributed by atoms with van der Waals surface area (Å²) in [4.78, 5) is 11.4. The van der Waals surface area contributed by atoms with Crippen LogP contribution in [0.5, 0.6) is 5.75 Å². The van der Waals surface area contributed by atoms with Gasteiger partial charge >= 0.3 is 6.09 Å². The maximum Gasteiger partial charge on any atom is 0.411 e. The molecule has 7 nitrogen and oxygen atoms in total. The summed E-state index contributed by atoms with van der Waals surface area (Å²) in [6.45, 7) is 3.47. The van der Waals surface area contributed by atoms with E-state index in [9.17, 15) is 4.79 Å². The van der Waals surface area contributed by atoms with Crippen molar-refractivity contribution in [3.63, 3.8) is 0 Å². The molecule has 0 aliphatic carbocycles. The van der Waals surface area contributed by atoms with E-state index in [2.05, 4.69) is 10.5 Å². The summed E-state index contributed by atoms with van der Waals surface area (Å²) in [6.07, 6.45) is -0.733. The molecular formula is C12H17N3O4. The highest BCUT2D eigenvalue weighted by molar-refractivity contribution is 5.85. The van der Waals surface area contributed by atoms with Gasteiger partial charge in [0.25, 0.3) is 0 Å². The normalized spacial score (nSPS) is 11.2. The maximum absolute atomic E-state index is 11.4. The zero-order valence-corrected chi connectivity index (χ0v) is 10.8. The highest BCUT2D eigenvalue weighted by Gasteiger charge is 2.06. The van der Waals surface area contributed by atoms with Gasteiger partial charge in [0.15, 0.2) is 5.84 Å². The summed E-state index contributed by atoms with van der Waals surface area (Å²) in [5, 5.41) is 13.7. The summed E-state index contributed by atoms with van der Waals surface area (Å²) < 4.78 is 10.2. The number of oxime groups is 1. The van der Waals surface area contributed by atoms with Gasteiger partial charge in [-0.15, -0.1) is 0 Å². The Balaban J connectivity index is 2.59. The third-order valence-electron chi connectivity index (χ3n) is 1.94. The Morgan fingerprint density at radius 2 is 2.26 bits per heavy atom. The van der Waals surface area contributed by atoms with Gasteiger partial charge in [0, 0.05) is 11.8 Å². The largest absolute Gasteiger partial charge is 0.485 e. The van der Waals surface area contributed by atoms with Crippen LogP contribution in [0.1, 0.15) is 13.8 Å². The topological polar surface area (TPSA) is 106 Å². The van der Waals surface area contributed by atoms with Crippen molar-refractivity contribution in [2.24, 2.45) is 10.9 Å². The molecule has 0 atom stereocenters. The molecule has 0 saturated carbocycles. The minimum atomic E-state index is -0.538. The number of rotatable bonds is 5. The Bertz CT molecular complexity index is 460. The second-order valence-corrected chi connectivity index (χ2v) is 3.99. The van der Waals surface area contributed by atoms with E-state index in [1.807, 2.05) is 0 Å². The number of hydrogen-bond acceptors (Lipinski definition) is 5. The lowest BCUT2D eigenvalue weighted by Crippen LogP contribution is -2.21. The SMILES string of the molecule is CC(C)OC(=O)Nc1cccc(OCC(N)=NO)c1. The summed E-state index contributed by atoms with van der Waals surface area (Å²) in [6, 6.07) is 6.68. The quantitative estimate of drug-likeness (QED) is 0.326. The molecule has 0 fully saturated rings. The van der Waals surface area contributed by atoms with Crippen LogP contribution in [-0.2, 0) is 4.74 Å². The Labute approximate surface area is 111 Å². The van der Waals surface area contributed by atoms with Gasteiger partial charge in [-0.2, -0.15) is 0 Å². The van der Waals surface area contributed by atoms with E-state index in [0.29, 0.717) is 11.4 Å². The van der Waals surface area contributed by atoms with Crippen molar-refractivity contribution in [2.75, 3.05) is 11.9 Å². The lowest BCUT2D eigenvalue weighted by atomic mass is 10.3. The predicted molar refractivity (Wildman–Crippen MR) is 70.6 cm³/mol. The maximum atomic E-state index is 11.4. The van der Waals surface area contributed by atoms with Crippen molar-refractivity contribution in [1.29, 1.82) is 0 Å². The Kier molecular flexibility index (Phi) is 5.46. The highest BCUT2D eigenvalue weighted by Crippen LogP contribution is 2.17. The molecular weight excluding hydrogens is 250 g/mol. The van der Waals surface area contributed by atoms with Gasteiger partial charge in [-0.25, -0.2) is 4.79 Å². The smallest absolute Gasteiger partial charge is 0.411 e. The number of carbonyl (C=O) groups is 1. The average molecular weight is 267 g/mol. The van der Waals surface area contributed by atoms with E-state index in [4.69, 9.17) is 20.4 Å². The molecule has 19 heavy (non-hydrogen) atoms. The van der Waals surface area contributed by atoms with Crippen LogP contribution >= 0.6 is 0 Å². The van der Waals surface area contributed by atoms with Gasteiger partial charge in [0.2, 0.25) is 0 Å². The van der Waals surface area contributed by atoms with Crippen LogP contribution in [0, 0.1) is 0 Å². The molecule has 1 rings (SSSR count). The number of amidine groups is 1. The van der Waals surface area contributed by atoms with Crippen LogP contribution in [0.15, 0.2) is 29.4 Å². The number of hydrogen-bond donors (Lipinski definition) is 3. The third kappa shape index (κ3) is 5.62. The van der Waals surface area contributed by atoms with E-state index >= 15 is 0 Å². The number of nitrogens with two attached hydrogens (primary N) is 1. The van der Waals surface area contributed by atoms with Crippen molar-refractivity contribution in [3.05, 3.63) is 24.3 Å². The molecule has 104 valence electrons. The van der Waals surface area contributed by atoms with Crippen LogP contribution in [-0.4, -0.2) is 29.8 Å². The zero-order chi connectivity index (χ0) is 14.3. The first-order valence-corrected chi connectivity index (χ1v) is 5.68. The van der Waals surface area contributed by atoms with Gasteiger partial charge in [-0.3, -0.25) is 5.32 Å². The number of benzene rings is 1. The minimum absolute atomic E-state index is 0.0439. The molecule has 1 aromatic rings. The molecule has 4 N–H and O–H groups in total. The molecule has 0 unspecified atom stereocenters. The lowest BCUT2D eigenvalue weighted by Gasteiger charge is -2.10. The Morgan fingerprint density at radius 1 is 1.53 bits per heavy atom. The summed E-state index contributed by atoms with van der Waals surface area (Å²) in [5.41, 5.74) is 5.81. The van der Waals surface area contributed by atoms with E-state index in [1.54, 1.807) is 38.1 Å². The number of anilines is 1. The van der Waals surface area contributed by atoms with Gasteiger partial charge < -0.3 is 20.4 Å². The molecule has 0 spiro atoms. The van der Waals surface area contributed by atoms with Gasteiger partial charge in [0.1, 0.15) is 12.4 Å². The molecule has 0 aliphatic rings. The average Bonchev–Trinajstić information content (AvgIpc) is 2.35. The molecule has 0 aliphatic heterocycles. The minimum Gasteiger partial charge on any atom is -0.485 e. The fourth-order valence-corrected chi connectivity index (χ4v) is 1.21. The Morgan fingerprint density at radius 3 is 2.89 bits per heavy atom. The van der Waals surface area contributed by atoms with E-state index in [0.717, 1.165) is 0 Å². The molecule has 0 heterocycles. The molecule has 0 aromatic heterocycles. The zero-order valence-electron chi connectivity index (χ0n) is 10.8. The van der Waals surface area contributed by atoms with Gasteiger partial charge in [-0.05, 0) is 26.0 Å². The fourth-order valence-electron chi connectivity index (χ4n) is 1.21. The first-order chi connectivity index (χ1) is 9.01. The van der Waals surface area contributed by atoms with Crippen LogP contribution in [0.3, 0.4) is 0 Å². The monoisotopic (exact) mass is 267 g/mol. The van der Waals surface area contributed by atoms with Crippen LogP contribution in [0.25, 0.3) is 0 Å².